The van der Waals surface area contributed by atoms with Crippen molar-refractivity contribution in [2.75, 3.05) is 0 Å². The Labute approximate surface area is 127 Å². The van der Waals surface area contributed by atoms with Gasteiger partial charge < -0.3 is 9.66 Å². The molecule has 0 rings (SSSR count). The Morgan fingerprint density at radius 1 is 1.00 bits per heavy atom. The molecule has 0 fully saturated rings. The van der Waals surface area contributed by atoms with E-state index in [1.54, 1.807) is 0 Å². The fourth-order valence-corrected chi connectivity index (χ4v) is 2.44. The van der Waals surface area contributed by atoms with E-state index in [0.717, 1.165) is 25.7 Å². The number of unbranched alkanes of at least 4 members (excludes halogenated alkanes) is 4. The maximum absolute atomic E-state index is 11.0. The first kappa shape index (κ1) is 20.2. The first-order valence-corrected chi connectivity index (χ1v) is 7.46. The van der Waals surface area contributed by atoms with Crippen LogP contribution in [0.4, 0.5) is 0 Å². The summed E-state index contributed by atoms with van der Waals surface area (Å²) >= 11 is 0. The van der Waals surface area contributed by atoms with Crippen LogP contribution in [0.25, 0.3) is 0 Å². The molecule has 98 valence electrons. The molecule has 0 saturated carbocycles. The summed E-state index contributed by atoms with van der Waals surface area (Å²) in [4.78, 5) is -2.04. The van der Waals surface area contributed by atoms with Crippen LogP contribution in [-0.4, -0.2) is 23.0 Å². The molecule has 0 aromatic carbocycles. The SMILES string of the molecule is CCCCCCC(O)(CCCC)S(=O)(=O)[O-].[Na+]. The van der Waals surface area contributed by atoms with Gasteiger partial charge in [-0.05, 0) is 25.7 Å². The predicted molar refractivity (Wildman–Crippen MR) is 62.9 cm³/mol. The fraction of sp³-hybridized carbons (Fsp3) is 1.00. The van der Waals surface area contributed by atoms with Crippen molar-refractivity contribution in [3.63, 3.8) is 0 Å². The minimum absolute atomic E-state index is 0. The molecule has 1 unspecified atom stereocenters. The zero-order valence-electron chi connectivity index (χ0n) is 11.2. The van der Waals surface area contributed by atoms with Crippen LogP contribution < -0.4 is 29.6 Å². The van der Waals surface area contributed by atoms with Crippen LogP contribution >= 0.6 is 0 Å². The van der Waals surface area contributed by atoms with Crippen LogP contribution in [0.1, 0.15) is 65.2 Å². The van der Waals surface area contributed by atoms with Crippen molar-refractivity contribution in [2.24, 2.45) is 0 Å². The third kappa shape index (κ3) is 7.80. The molecule has 0 bridgehead atoms. The average molecular weight is 274 g/mol. The van der Waals surface area contributed by atoms with Gasteiger partial charge in [0.25, 0.3) is 0 Å². The average Bonchev–Trinajstić information content (AvgIpc) is 2.20. The Morgan fingerprint density at radius 2 is 1.47 bits per heavy atom. The van der Waals surface area contributed by atoms with Gasteiger partial charge >= 0.3 is 29.6 Å². The Bertz CT molecular complexity index is 279. The van der Waals surface area contributed by atoms with Gasteiger partial charge in [-0.15, -0.1) is 0 Å². The second-order valence-corrected chi connectivity index (χ2v) is 5.98. The van der Waals surface area contributed by atoms with Gasteiger partial charge in [-0.2, -0.15) is 0 Å². The van der Waals surface area contributed by atoms with Crippen LogP contribution in [0, 0.1) is 0 Å². The van der Waals surface area contributed by atoms with E-state index < -0.39 is 15.1 Å². The second-order valence-electron chi connectivity index (χ2n) is 4.31. The largest absolute Gasteiger partial charge is 1.00 e. The van der Waals surface area contributed by atoms with Gasteiger partial charge in [0.2, 0.25) is 0 Å². The predicted octanol–water partition coefficient (Wildman–Crippen LogP) is -0.615. The fourth-order valence-electron chi connectivity index (χ4n) is 1.66. The molecule has 0 spiro atoms. The summed E-state index contributed by atoms with van der Waals surface area (Å²) in [5, 5.41) is 9.88. The van der Waals surface area contributed by atoms with Crippen molar-refractivity contribution < 1.29 is 47.6 Å². The van der Waals surface area contributed by atoms with E-state index in [0.29, 0.717) is 12.8 Å². The van der Waals surface area contributed by atoms with Gasteiger partial charge in [-0.3, -0.25) is 0 Å². The summed E-state index contributed by atoms with van der Waals surface area (Å²) in [6.45, 7) is 3.95. The standard InChI is InChI=1S/C11H24O4S.Na/c1-3-5-7-8-10-11(12,9-6-4-2)16(13,14)15;/h12H,3-10H2,1-2H3,(H,13,14,15);/q;+1/p-1. The summed E-state index contributed by atoms with van der Waals surface area (Å²) in [6.07, 6.45) is 4.95. The summed E-state index contributed by atoms with van der Waals surface area (Å²) < 4.78 is 33.1. The third-order valence-electron chi connectivity index (χ3n) is 2.81. The molecular weight excluding hydrogens is 251 g/mol. The first-order valence-electron chi connectivity index (χ1n) is 6.05. The molecular formula is C11H23NaO4S. The minimum Gasteiger partial charge on any atom is -0.746 e. The first-order chi connectivity index (χ1) is 7.37. The Balaban J connectivity index is 0. The molecule has 0 heterocycles. The Hall–Kier alpha value is 0.870. The molecule has 0 aromatic heterocycles. The molecule has 0 aliphatic heterocycles. The number of hydrogen-bond acceptors (Lipinski definition) is 4. The van der Waals surface area contributed by atoms with Crippen molar-refractivity contribution in [2.45, 2.75) is 70.1 Å². The van der Waals surface area contributed by atoms with Crippen LogP contribution in [0.15, 0.2) is 0 Å². The van der Waals surface area contributed by atoms with Gasteiger partial charge in [0.15, 0.2) is 4.93 Å². The van der Waals surface area contributed by atoms with Crippen LogP contribution in [0.3, 0.4) is 0 Å². The van der Waals surface area contributed by atoms with E-state index in [-0.39, 0.29) is 42.4 Å². The van der Waals surface area contributed by atoms with Gasteiger partial charge in [-0.1, -0.05) is 39.5 Å². The van der Waals surface area contributed by atoms with Gasteiger partial charge in [0, 0.05) is 0 Å². The molecule has 0 aliphatic carbocycles. The summed E-state index contributed by atoms with van der Waals surface area (Å²) in [6, 6.07) is 0. The maximum Gasteiger partial charge on any atom is 1.00 e. The van der Waals surface area contributed by atoms with Gasteiger partial charge in [0.05, 0.1) is 0 Å². The Kier molecular flexibility index (Phi) is 11.6. The maximum atomic E-state index is 11.0. The summed E-state index contributed by atoms with van der Waals surface area (Å²) in [5.41, 5.74) is 0. The van der Waals surface area contributed by atoms with E-state index in [2.05, 4.69) is 0 Å². The second kappa shape index (κ2) is 9.75. The molecule has 1 atom stereocenters. The Morgan fingerprint density at radius 3 is 1.88 bits per heavy atom. The zero-order valence-corrected chi connectivity index (χ0v) is 14.1. The molecule has 17 heavy (non-hydrogen) atoms. The monoisotopic (exact) mass is 274 g/mol. The van der Waals surface area contributed by atoms with Gasteiger partial charge in [-0.25, -0.2) is 8.42 Å². The molecule has 0 aromatic rings. The molecule has 0 aliphatic rings. The molecule has 0 saturated heterocycles. The van der Waals surface area contributed by atoms with Crippen molar-refractivity contribution in [1.82, 2.24) is 0 Å². The molecule has 4 nitrogen and oxygen atoms in total. The van der Waals surface area contributed by atoms with Crippen molar-refractivity contribution >= 4 is 10.1 Å². The van der Waals surface area contributed by atoms with Crippen LogP contribution in [-0.2, 0) is 10.1 Å². The van der Waals surface area contributed by atoms with E-state index in [1.807, 2.05) is 13.8 Å². The van der Waals surface area contributed by atoms with E-state index in [1.165, 1.54) is 0 Å². The normalized spacial score (nSPS) is 15.1. The van der Waals surface area contributed by atoms with Crippen molar-refractivity contribution in [3.8, 4) is 0 Å². The molecule has 1 N–H and O–H groups in total. The third-order valence-corrected chi connectivity index (χ3v) is 4.15. The number of aliphatic hydroxyl groups is 1. The van der Waals surface area contributed by atoms with Crippen molar-refractivity contribution in [3.05, 3.63) is 0 Å². The summed E-state index contributed by atoms with van der Waals surface area (Å²) in [5.74, 6) is 0. The van der Waals surface area contributed by atoms with E-state index in [4.69, 9.17) is 0 Å². The molecule has 6 heteroatoms. The number of rotatable bonds is 9. The quantitative estimate of drug-likeness (QED) is 0.345. The zero-order chi connectivity index (χ0) is 12.7. The summed E-state index contributed by atoms with van der Waals surface area (Å²) in [7, 11) is -4.62. The molecule has 0 amide bonds. The topological polar surface area (TPSA) is 77.4 Å². The smallest absolute Gasteiger partial charge is 0.746 e. The van der Waals surface area contributed by atoms with Crippen LogP contribution in [0.2, 0.25) is 0 Å². The van der Waals surface area contributed by atoms with Gasteiger partial charge in [0.1, 0.15) is 10.1 Å². The van der Waals surface area contributed by atoms with E-state index >= 15 is 0 Å². The van der Waals surface area contributed by atoms with Crippen molar-refractivity contribution in [1.29, 1.82) is 0 Å². The number of hydrogen-bond donors (Lipinski definition) is 1. The van der Waals surface area contributed by atoms with E-state index in [9.17, 15) is 18.1 Å². The minimum atomic E-state index is -4.62. The molecule has 0 radical (unpaired) electrons. The van der Waals surface area contributed by atoms with Crippen LogP contribution in [0.5, 0.6) is 0 Å².